The highest BCUT2D eigenvalue weighted by molar-refractivity contribution is 5.28. The second-order valence-corrected chi connectivity index (χ2v) is 4.09. The van der Waals surface area contributed by atoms with E-state index in [-0.39, 0.29) is 0 Å². The smallest absolute Gasteiger partial charge is 0.0947 e. The van der Waals surface area contributed by atoms with Crippen molar-refractivity contribution >= 4 is 0 Å². The van der Waals surface area contributed by atoms with E-state index < -0.39 is 0 Å². The molecule has 0 saturated carbocycles. The Balaban J connectivity index is 1.98. The Labute approximate surface area is 96.3 Å². The molecular formula is C14H17NO. The molecule has 2 rings (SSSR count). The largest absolute Gasteiger partial charge is 0.472 e. The van der Waals surface area contributed by atoms with E-state index in [1.54, 1.807) is 12.5 Å². The van der Waals surface area contributed by atoms with Crippen molar-refractivity contribution < 1.29 is 4.42 Å². The van der Waals surface area contributed by atoms with E-state index in [0.29, 0.717) is 6.04 Å². The Kier molecular flexibility index (Phi) is 3.42. The maximum Gasteiger partial charge on any atom is 0.0947 e. The summed E-state index contributed by atoms with van der Waals surface area (Å²) in [5.74, 6) is 0. The molecule has 0 bridgehead atoms. The van der Waals surface area contributed by atoms with Crippen molar-refractivity contribution in [1.82, 2.24) is 5.32 Å². The number of hydrogen-bond acceptors (Lipinski definition) is 2. The number of hydrogen-bond donors (Lipinski definition) is 1. The molecule has 1 atom stereocenters. The Morgan fingerprint density at radius 2 is 2.06 bits per heavy atom. The molecule has 0 aliphatic heterocycles. The normalized spacial score (nSPS) is 12.6. The molecule has 1 heterocycles. The van der Waals surface area contributed by atoms with Crippen LogP contribution in [0.1, 0.15) is 29.7 Å². The Bertz CT molecular complexity index is 434. The first-order valence-electron chi connectivity index (χ1n) is 5.57. The van der Waals surface area contributed by atoms with Crippen LogP contribution in [-0.4, -0.2) is 0 Å². The van der Waals surface area contributed by atoms with Crippen molar-refractivity contribution in [1.29, 1.82) is 0 Å². The molecule has 1 aromatic heterocycles. The summed E-state index contributed by atoms with van der Waals surface area (Å²) in [4.78, 5) is 0. The zero-order chi connectivity index (χ0) is 11.4. The van der Waals surface area contributed by atoms with E-state index in [2.05, 4.69) is 43.4 Å². The number of rotatable bonds is 4. The lowest BCUT2D eigenvalue weighted by molar-refractivity contribution is 0.546. The summed E-state index contributed by atoms with van der Waals surface area (Å²) < 4.78 is 5.04. The molecule has 0 spiro atoms. The lowest BCUT2D eigenvalue weighted by Gasteiger charge is -2.15. The third-order valence-corrected chi connectivity index (χ3v) is 2.85. The average molecular weight is 215 g/mol. The van der Waals surface area contributed by atoms with Gasteiger partial charge in [-0.15, -0.1) is 0 Å². The minimum atomic E-state index is 0.357. The van der Waals surface area contributed by atoms with Gasteiger partial charge >= 0.3 is 0 Å². The van der Waals surface area contributed by atoms with Gasteiger partial charge in [0, 0.05) is 18.2 Å². The number of furan rings is 1. The summed E-state index contributed by atoms with van der Waals surface area (Å²) >= 11 is 0. The topological polar surface area (TPSA) is 25.2 Å². The molecular weight excluding hydrogens is 198 g/mol. The third-order valence-electron chi connectivity index (χ3n) is 2.85. The van der Waals surface area contributed by atoms with E-state index in [9.17, 15) is 0 Å². The van der Waals surface area contributed by atoms with Gasteiger partial charge in [0.15, 0.2) is 0 Å². The molecule has 2 heteroatoms. The van der Waals surface area contributed by atoms with Gasteiger partial charge in [-0.1, -0.05) is 24.3 Å². The first kappa shape index (κ1) is 11.0. The van der Waals surface area contributed by atoms with Crippen LogP contribution in [-0.2, 0) is 6.54 Å². The van der Waals surface area contributed by atoms with Gasteiger partial charge in [-0.2, -0.15) is 0 Å². The Morgan fingerprint density at radius 3 is 2.75 bits per heavy atom. The van der Waals surface area contributed by atoms with Gasteiger partial charge in [-0.25, -0.2) is 0 Å². The van der Waals surface area contributed by atoms with Crippen LogP contribution in [0.4, 0.5) is 0 Å². The SMILES string of the molecule is Cc1ccccc1C(C)NCc1ccoc1. The van der Waals surface area contributed by atoms with Crippen LogP contribution in [0.3, 0.4) is 0 Å². The first-order valence-corrected chi connectivity index (χ1v) is 5.57. The minimum absolute atomic E-state index is 0.357. The van der Waals surface area contributed by atoms with E-state index >= 15 is 0 Å². The molecule has 2 aromatic rings. The van der Waals surface area contributed by atoms with Gasteiger partial charge in [-0.05, 0) is 31.0 Å². The molecule has 0 aliphatic carbocycles. The fourth-order valence-electron chi connectivity index (χ4n) is 1.85. The molecule has 1 N–H and O–H groups in total. The lowest BCUT2D eigenvalue weighted by atomic mass is 10.0. The molecule has 0 aliphatic rings. The van der Waals surface area contributed by atoms with Crippen molar-refractivity contribution in [2.24, 2.45) is 0 Å². The van der Waals surface area contributed by atoms with E-state index in [1.807, 2.05) is 6.07 Å². The molecule has 0 saturated heterocycles. The van der Waals surface area contributed by atoms with E-state index in [1.165, 1.54) is 16.7 Å². The lowest BCUT2D eigenvalue weighted by Crippen LogP contribution is -2.18. The second-order valence-electron chi connectivity index (χ2n) is 4.09. The van der Waals surface area contributed by atoms with E-state index in [4.69, 9.17) is 4.42 Å². The molecule has 0 amide bonds. The van der Waals surface area contributed by atoms with Crippen LogP contribution in [0.25, 0.3) is 0 Å². The minimum Gasteiger partial charge on any atom is -0.472 e. The standard InChI is InChI=1S/C14H17NO/c1-11-5-3-4-6-14(11)12(2)15-9-13-7-8-16-10-13/h3-8,10,12,15H,9H2,1-2H3. The van der Waals surface area contributed by atoms with Crippen molar-refractivity contribution in [3.63, 3.8) is 0 Å². The molecule has 0 fully saturated rings. The van der Waals surface area contributed by atoms with Crippen LogP contribution in [0, 0.1) is 6.92 Å². The van der Waals surface area contributed by atoms with Crippen LogP contribution >= 0.6 is 0 Å². The maximum absolute atomic E-state index is 5.04. The summed E-state index contributed by atoms with van der Waals surface area (Å²) in [5, 5.41) is 3.48. The van der Waals surface area contributed by atoms with Crippen LogP contribution in [0.15, 0.2) is 47.3 Å². The summed E-state index contributed by atoms with van der Waals surface area (Å²) in [7, 11) is 0. The van der Waals surface area contributed by atoms with Gasteiger partial charge in [0.2, 0.25) is 0 Å². The van der Waals surface area contributed by atoms with Crippen molar-refractivity contribution in [2.45, 2.75) is 26.4 Å². The molecule has 1 unspecified atom stereocenters. The molecule has 0 radical (unpaired) electrons. The fraction of sp³-hybridized carbons (Fsp3) is 0.286. The summed E-state index contributed by atoms with van der Waals surface area (Å²) in [6.45, 7) is 5.17. The fourth-order valence-corrected chi connectivity index (χ4v) is 1.85. The Morgan fingerprint density at radius 1 is 1.25 bits per heavy atom. The van der Waals surface area contributed by atoms with Crippen molar-refractivity contribution in [3.8, 4) is 0 Å². The van der Waals surface area contributed by atoms with Crippen LogP contribution < -0.4 is 5.32 Å². The van der Waals surface area contributed by atoms with Gasteiger partial charge in [0.25, 0.3) is 0 Å². The highest BCUT2D eigenvalue weighted by Gasteiger charge is 2.06. The predicted octanol–water partition coefficient (Wildman–Crippen LogP) is 3.44. The number of benzene rings is 1. The summed E-state index contributed by atoms with van der Waals surface area (Å²) in [6.07, 6.45) is 3.48. The van der Waals surface area contributed by atoms with Crippen molar-refractivity contribution in [3.05, 3.63) is 59.5 Å². The molecule has 84 valence electrons. The highest BCUT2D eigenvalue weighted by atomic mass is 16.3. The average Bonchev–Trinajstić information content (AvgIpc) is 2.79. The van der Waals surface area contributed by atoms with Gasteiger partial charge in [0.1, 0.15) is 0 Å². The van der Waals surface area contributed by atoms with E-state index in [0.717, 1.165) is 6.54 Å². The van der Waals surface area contributed by atoms with Crippen molar-refractivity contribution in [2.75, 3.05) is 0 Å². The van der Waals surface area contributed by atoms with Crippen LogP contribution in [0.5, 0.6) is 0 Å². The number of aryl methyl sites for hydroxylation is 1. The zero-order valence-corrected chi connectivity index (χ0v) is 9.73. The maximum atomic E-state index is 5.04. The monoisotopic (exact) mass is 215 g/mol. The summed E-state index contributed by atoms with van der Waals surface area (Å²) in [5.41, 5.74) is 3.86. The van der Waals surface area contributed by atoms with Gasteiger partial charge in [0.05, 0.1) is 12.5 Å². The zero-order valence-electron chi connectivity index (χ0n) is 9.73. The second kappa shape index (κ2) is 4.99. The quantitative estimate of drug-likeness (QED) is 0.845. The molecule has 1 aromatic carbocycles. The molecule has 16 heavy (non-hydrogen) atoms. The highest BCUT2D eigenvalue weighted by Crippen LogP contribution is 2.17. The predicted molar refractivity (Wildman–Crippen MR) is 65.1 cm³/mol. The van der Waals surface area contributed by atoms with Crippen LogP contribution in [0.2, 0.25) is 0 Å². The summed E-state index contributed by atoms with van der Waals surface area (Å²) in [6, 6.07) is 10.8. The molecule has 2 nitrogen and oxygen atoms in total. The third kappa shape index (κ3) is 2.52. The number of nitrogens with one attached hydrogen (secondary N) is 1. The first-order chi connectivity index (χ1) is 7.77. The van der Waals surface area contributed by atoms with Gasteiger partial charge < -0.3 is 9.73 Å². The Hall–Kier alpha value is -1.54. The van der Waals surface area contributed by atoms with Gasteiger partial charge in [-0.3, -0.25) is 0 Å².